The van der Waals surface area contributed by atoms with Gasteiger partial charge in [0.1, 0.15) is 5.82 Å². The van der Waals surface area contributed by atoms with E-state index in [9.17, 15) is 5.11 Å². The van der Waals surface area contributed by atoms with Crippen molar-refractivity contribution in [1.29, 1.82) is 0 Å². The first-order valence-electron chi connectivity index (χ1n) is 5.37. The van der Waals surface area contributed by atoms with Crippen LogP contribution in [0.25, 0.3) is 0 Å². The predicted molar refractivity (Wildman–Crippen MR) is 68.2 cm³/mol. The molecule has 0 aliphatic heterocycles. The molecule has 0 fully saturated rings. The molecule has 5 heteroatoms. The maximum atomic E-state index is 9.31. The smallest absolute Gasteiger partial charge is 0.205 e. The first-order chi connectivity index (χ1) is 7.18. The highest BCUT2D eigenvalue weighted by Crippen LogP contribution is 2.28. The monoisotopic (exact) mass is 243 g/mol. The van der Waals surface area contributed by atoms with Gasteiger partial charge in [-0.15, -0.1) is 0 Å². The lowest BCUT2D eigenvalue weighted by molar-refractivity contribution is 0.216. The average Bonchev–Trinajstić information content (AvgIpc) is 2.64. The van der Waals surface area contributed by atoms with Crippen LogP contribution in [-0.4, -0.2) is 33.7 Å². The first kappa shape index (κ1) is 13.4. The third kappa shape index (κ3) is 2.71. The van der Waals surface area contributed by atoms with Gasteiger partial charge in [-0.05, 0) is 13.8 Å². The van der Waals surface area contributed by atoms with E-state index in [0.717, 1.165) is 11.0 Å². The maximum absolute atomic E-state index is 9.31. The second-order valence-electron chi connectivity index (χ2n) is 5.68. The summed E-state index contributed by atoms with van der Waals surface area (Å²) in [6.45, 7) is 10.3. The molecule has 1 aromatic heterocycles. The molecule has 0 aliphatic carbocycles. The third-order valence-corrected chi connectivity index (χ3v) is 3.46. The zero-order valence-corrected chi connectivity index (χ0v) is 11.7. The topological polar surface area (TPSA) is 49.2 Å². The molecule has 0 aliphatic rings. The van der Waals surface area contributed by atoms with E-state index in [2.05, 4.69) is 30.1 Å². The summed E-state index contributed by atoms with van der Waals surface area (Å²) >= 11 is 1.38. The number of aromatic nitrogens is 2. The zero-order valence-electron chi connectivity index (χ0n) is 10.9. The van der Waals surface area contributed by atoms with Crippen LogP contribution in [0.3, 0.4) is 0 Å². The number of anilines is 1. The highest BCUT2D eigenvalue weighted by Gasteiger charge is 2.27. The number of rotatable bonds is 3. The van der Waals surface area contributed by atoms with Gasteiger partial charge in [-0.2, -0.15) is 4.37 Å². The van der Waals surface area contributed by atoms with Crippen molar-refractivity contribution in [2.45, 2.75) is 45.6 Å². The number of likely N-dealkylation sites (N-methyl/N-ethyl adjacent to an activating group) is 1. The fourth-order valence-corrected chi connectivity index (χ4v) is 2.00. The Hall–Kier alpha value is -0.680. The van der Waals surface area contributed by atoms with Crippen molar-refractivity contribution in [1.82, 2.24) is 9.36 Å². The van der Waals surface area contributed by atoms with Gasteiger partial charge >= 0.3 is 0 Å². The number of aliphatic hydroxyl groups is 1. The summed E-state index contributed by atoms with van der Waals surface area (Å²) in [5.74, 6) is 0.855. The van der Waals surface area contributed by atoms with Crippen LogP contribution in [0.1, 0.15) is 40.4 Å². The highest BCUT2D eigenvalue weighted by atomic mass is 32.1. The lowest BCUT2D eigenvalue weighted by Gasteiger charge is -2.33. The van der Waals surface area contributed by atoms with Gasteiger partial charge in [-0.3, -0.25) is 0 Å². The minimum atomic E-state index is -0.311. The molecule has 0 aromatic carbocycles. The van der Waals surface area contributed by atoms with Crippen molar-refractivity contribution in [2.75, 3.05) is 18.6 Å². The van der Waals surface area contributed by atoms with E-state index >= 15 is 0 Å². The van der Waals surface area contributed by atoms with Gasteiger partial charge in [0, 0.05) is 24.0 Å². The molecule has 1 rings (SSSR count). The number of aliphatic hydroxyl groups excluding tert-OH is 1. The summed E-state index contributed by atoms with van der Waals surface area (Å²) in [5, 5.41) is 10.2. The number of hydrogen-bond acceptors (Lipinski definition) is 5. The zero-order chi connectivity index (χ0) is 12.6. The molecule has 0 saturated heterocycles. The molecule has 0 spiro atoms. The molecule has 0 amide bonds. The largest absolute Gasteiger partial charge is 0.394 e. The third-order valence-electron chi connectivity index (χ3n) is 2.67. The second-order valence-corrected chi connectivity index (χ2v) is 6.41. The summed E-state index contributed by atoms with van der Waals surface area (Å²) in [6.07, 6.45) is 0. The second kappa shape index (κ2) is 4.30. The Bertz CT molecular complexity index is 354. The lowest BCUT2D eigenvalue weighted by Crippen LogP contribution is -2.44. The Balaban J connectivity index is 2.95. The molecule has 0 atom stereocenters. The van der Waals surface area contributed by atoms with Gasteiger partial charge in [-0.1, -0.05) is 20.8 Å². The standard InChI is InChI=1S/C11H21N3OS/c1-10(2,3)8-12-9(16-13-8)14(6)11(4,5)7-15/h15H,7H2,1-6H3. The van der Waals surface area contributed by atoms with Crippen molar-refractivity contribution in [3.8, 4) is 0 Å². The molecule has 16 heavy (non-hydrogen) atoms. The first-order valence-corrected chi connectivity index (χ1v) is 6.15. The Kier molecular flexibility index (Phi) is 3.59. The van der Waals surface area contributed by atoms with Gasteiger partial charge in [0.05, 0.1) is 12.1 Å². The van der Waals surface area contributed by atoms with Crippen LogP contribution in [0.5, 0.6) is 0 Å². The van der Waals surface area contributed by atoms with Crippen LogP contribution in [-0.2, 0) is 5.41 Å². The van der Waals surface area contributed by atoms with Gasteiger partial charge in [-0.25, -0.2) is 4.98 Å². The Morgan fingerprint density at radius 3 is 2.19 bits per heavy atom. The van der Waals surface area contributed by atoms with Crippen LogP contribution < -0.4 is 4.90 Å². The molecule has 1 aromatic rings. The summed E-state index contributed by atoms with van der Waals surface area (Å²) in [4.78, 5) is 6.49. The molecule has 0 radical (unpaired) electrons. The van der Waals surface area contributed by atoms with Crippen molar-refractivity contribution >= 4 is 16.7 Å². The predicted octanol–water partition coefficient (Wildman–Crippen LogP) is 2.04. The fraction of sp³-hybridized carbons (Fsp3) is 0.818. The van der Waals surface area contributed by atoms with Gasteiger partial charge < -0.3 is 10.0 Å². The van der Waals surface area contributed by atoms with Crippen LogP contribution in [0.2, 0.25) is 0 Å². The lowest BCUT2D eigenvalue weighted by atomic mass is 9.96. The van der Waals surface area contributed by atoms with Gasteiger partial charge in [0.25, 0.3) is 0 Å². The van der Waals surface area contributed by atoms with Crippen LogP contribution in [0.15, 0.2) is 0 Å². The Labute approximate surface area is 101 Å². The minimum absolute atomic E-state index is 0.0288. The SMILES string of the molecule is CN(c1nc(C(C)(C)C)ns1)C(C)(C)CO. The summed E-state index contributed by atoms with van der Waals surface area (Å²) in [7, 11) is 1.93. The van der Waals surface area contributed by atoms with E-state index in [0.29, 0.717) is 0 Å². The molecule has 0 saturated carbocycles. The van der Waals surface area contributed by atoms with E-state index in [1.165, 1.54) is 11.5 Å². The molecule has 0 unspecified atom stereocenters. The molecule has 92 valence electrons. The van der Waals surface area contributed by atoms with E-state index in [1.54, 1.807) is 0 Å². The molecule has 4 nitrogen and oxygen atoms in total. The molecular weight excluding hydrogens is 222 g/mol. The van der Waals surface area contributed by atoms with E-state index in [1.807, 2.05) is 25.8 Å². The van der Waals surface area contributed by atoms with Crippen LogP contribution in [0, 0.1) is 0 Å². The highest BCUT2D eigenvalue weighted by molar-refractivity contribution is 7.09. The Morgan fingerprint density at radius 2 is 1.81 bits per heavy atom. The molecule has 1 N–H and O–H groups in total. The van der Waals surface area contributed by atoms with Crippen LogP contribution >= 0.6 is 11.5 Å². The van der Waals surface area contributed by atoms with Crippen LogP contribution in [0.4, 0.5) is 5.13 Å². The number of hydrogen-bond donors (Lipinski definition) is 1. The minimum Gasteiger partial charge on any atom is -0.394 e. The summed E-state index contributed by atoms with van der Waals surface area (Å²) in [6, 6.07) is 0. The van der Waals surface area contributed by atoms with Crippen molar-refractivity contribution in [2.24, 2.45) is 0 Å². The number of nitrogens with zero attached hydrogens (tertiary/aromatic N) is 3. The molecular formula is C11H21N3OS. The van der Waals surface area contributed by atoms with Gasteiger partial charge in [0.15, 0.2) is 0 Å². The Morgan fingerprint density at radius 1 is 1.25 bits per heavy atom. The fourth-order valence-electron chi connectivity index (χ4n) is 1.02. The summed E-state index contributed by atoms with van der Waals surface area (Å²) < 4.78 is 4.36. The summed E-state index contributed by atoms with van der Waals surface area (Å²) in [5.41, 5.74) is -0.340. The van der Waals surface area contributed by atoms with Crippen molar-refractivity contribution in [3.05, 3.63) is 5.82 Å². The van der Waals surface area contributed by atoms with E-state index in [4.69, 9.17) is 0 Å². The van der Waals surface area contributed by atoms with Crippen molar-refractivity contribution < 1.29 is 5.11 Å². The molecule has 0 bridgehead atoms. The molecule has 1 heterocycles. The maximum Gasteiger partial charge on any atom is 0.205 e. The quantitative estimate of drug-likeness (QED) is 0.882. The average molecular weight is 243 g/mol. The van der Waals surface area contributed by atoms with Crippen molar-refractivity contribution in [3.63, 3.8) is 0 Å². The van der Waals surface area contributed by atoms with Gasteiger partial charge in [0.2, 0.25) is 5.13 Å². The normalized spacial score (nSPS) is 12.9. The van der Waals surface area contributed by atoms with E-state index < -0.39 is 0 Å². The van der Waals surface area contributed by atoms with E-state index in [-0.39, 0.29) is 17.6 Å².